The van der Waals surface area contributed by atoms with Gasteiger partial charge in [-0.2, -0.15) is 0 Å². The molecule has 1 aromatic rings. The smallest absolute Gasteiger partial charge is 0.130 e. The minimum atomic E-state index is -0.556. The molecule has 1 aromatic carbocycles. The number of nitrogens with one attached hydrogen (secondary N) is 1. The third-order valence-corrected chi connectivity index (χ3v) is 3.62. The highest BCUT2D eigenvalue weighted by atomic mass is 19.1. The predicted molar refractivity (Wildman–Crippen MR) is 69.7 cm³/mol. The van der Waals surface area contributed by atoms with Crippen LogP contribution in [0.4, 0.5) is 8.78 Å². The van der Waals surface area contributed by atoms with Gasteiger partial charge in [0.25, 0.3) is 0 Å². The summed E-state index contributed by atoms with van der Waals surface area (Å²) in [4.78, 5) is 0. The van der Waals surface area contributed by atoms with Crippen molar-refractivity contribution in [2.24, 2.45) is 17.2 Å². The van der Waals surface area contributed by atoms with Crippen LogP contribution < -0.4 is 11.3 Å². The van der Waals surface area contributed by atoms with E-state index in [-0.39, 0.29) is 16.9 Å². The van der Waals surface area contributed by atoms with E-state index in [1.54, 1.807) is 0 Å². The zero-order chi connectivity index (χ0) is 13.9. The van der Waals surface area contributed by atoms with Gasteiger partial charge in [0.05, 0.1) is 6.04 Å². The molecule has 0 bridgehead atoms. The molecule has 2 atom stereocenters. The van der Waals surface area contributed by atoms with E-state index in [1.165, 1.54) is 18.2 Å². The second-order valence-electron chi connectivity index (χ2n) is 5.86. The summed E-state index contributed by atoms with van der Waals surface area (Å²) in [7, 11) is 0. The van der Waals surface area contributed by atoms with Crippen LogP contribution in [0, 0.1) is 23.0 Å². The number of benzene rings is 1. The van der Waals surface area contributed by atoms with Gasteiger partial charge in [0.2, 0.25) is 0 Å². The van der Waals surface area contributed by atoms with Crippen LogP contribution in [-0.2, 0) is 0 Å². The van der Waals surface area contributed by atoms with Gasteiger partial charge in [-0.1, -0.05) is 33.8 Å². The molecule has 3 N–H and O–H groups in total. The van der Waals surface area contributed by atoms with Crippen molar-refractivity contribution in [2.75, 3.05) is 0 Å². The Kier molecular flexibility index (Phi) is 4.82. The summed E-state index contributed by atoms with van der Waals surface area (Å²) in [5, 5.41) is 0. The molecule has 0 aliphatic rings. The molecule has 1 rings (SSSR count). The third kappa shape index (κ3) is 3.50. The Balaban J connectivity index is 2.97. The molecule has 0 saturated heterocycles. The maximum absolute atomic E-state index is 13.7. The van der Waals surface area contributed by atoms with Gasteiger partial charge in [0.15, 0.2) is 0 Å². The zero-order valence-electron chi connectivity index (χ0n) is 11.4. The first-order valence-electron chi connectivity index (χ1n) is 6.17. The summed E-state index contributed by atoms with van der Waals surface area (Å²) in [6.45, 7) is 8.36. The molecule has 2 unspecified atom stereocenters. The molecule has 0 heterocycles. The molecule has 18 heavy (non-hydrogen) atoms. The van der Waals surface area contributed by atoms with Crippen molar-refractivity contribution in [2.45, 2.75) is 40.2 Å². The molecule has 0 fully saturated rings. The number of hydrazine groups is 1. The van der Waals surface area contributed by atoms with E-state index < -0.39 is 17.7 Å². The van der Waals surface area contributed by atoms with Crippen molar-refractivity contribution in [1.29, 1.82) is 0 Å². The van der Waals surface area contributed by atoms with Gasteiger partial charge < -0.3 is 0 Å². The van der Waals surface area contributed by atoms with E-state index in [2.05, 4.69) is 33.1 Å². The highest BCUT2D eigenvalue weighted by molar-refractivity contribution is 5.23. The van der Waals surface area contributed by atoms with Gasteiger partial charge in [0, 0.05) is 5.56 Å². The normalized spacial score (nSPS) is 15.5. The van der Waals surface area contributed by atoms with Crippen LogP contribution in [0.1, 0.15) is 45.7 Å². The van der Waals surface area contributed by atoms with Crippen molar-refractivity contribution < 1.29 is 8.78 Å². The van der Waals surface area contributed by atoms with Gasteiger partial charge in [-0.25, -0.2) is 8.78 Å². The molecule has 0 amide bonds. The minimum Gasteiger partial charge on any atom is -0.271 e. The first-order chi connectivity index (χ1) is 8.27. The van der Waals surface area contributed by atoms with Gasteiger partial charge >= 0.3 is 0 Å². The molecular weight excluding hydrogens is 234 g/mol. The van der Waals surface area contributed by atoms with Crippen LogP contribution in [-0.4, -0.2) is 0 Å². The average Bonchev–Trinajstić information content (AvgIpc) is 2.25. The molecule has 0 spiro atoms. The SMILES string of the molecule is CC(CC(NN)c1c(F)cccc1F)C(C)(C)C. The van der Waals surface area contributed by atoms with E-state index in [0.29, 0.717) is 6.42 Å². The van der Waals surface area contributed by atoms with Crippen LogP contribution in [0.25, 0.3) is 0 Å². The summed E-state index contributed by atoms with van der Waals surface area (Å²) in [6.07, 6.45) is 0.581. The molecule has 0 aromatic heterocycles. The van der Waals surface area contributed by atoms with E-state index >= 15 is 0 Å². The monoisotopic (exact) mass is 256 g/mol. The van der Waals surface area contributed by atoms with Crippen LogP contribution in [0.5, 0.6) is 0 Å². The zero-order valence-corrected chi connectivity index (χ0v) is 11.4. The van der Waals surface area contributed by atoms with Crippen LogP contribution in [0.15, 0.2) is 18.2 Å². The van der Waals surface area contributed by atoms with Gasteiger partial charge in [-0.3, -0.25) is 11.3 Å². The second kappa shape index (κ2) is 5.76. The van der Waals surface area contributed by atoms with Gasteiger partial charge in [-0.05, 0) is 29.9 Å². The molecular formula is C14H22F2N2. The lowest BCUT2D eigenvalue weighted by atomic mass is 9.77. The number of hydrogen-bond acceptors (Lipinski definition) is 2. The Labute approximate surface area is 108 Å². The van der Waals surface area contributed by atoms with E-state index in [0.717, 1.165) is 0 Å². The molecule has 2 nitrogen and oxygen atoms in total. The molecule has 0 radical (unpaired) electrons. The maximum atomic E-state index is 13.7. The predicted octanol–water partition coefficient (Wildman–Crippen LogP) is 3.54. The molecule has 0 aliphatic heterocycles. The highest BCUT2D eigenvalue weighted by Gasteiger charge is 2.26. The highest BCUT2D eigenvalue weighted by Crippen LogP contribution is 2.34. The van der Waals surface area contributed by atoms with Crippen LogP contribution in [0.3, 0.4) is 0 Å². The summed E-state index contributed by atoms with van der Waals surface area (Å²) in [5.74, 6) is 4.61. The minimum absolute atomic E-state index is 0.0242. The standard InChI is InChI=1S/C14H22F2N2/c1-9(14(2,3)4)8-12(18-17)13-10(15)6-5-7-11(13)16/h5-7,9,12,18H,8,17H2,1-4H3. The van der Waals surface area contributed by atoms with Crippen molar-refractivity contribution >= 4 is 0 Å². The lowest BCUT2D eigenvalue weighted by Gasteiger charge is -2.31. The maximum Gasteiger partial charge on any atom is 0.130 e. The van der Waals surface area contributed by atoms with Crippen LogP contribution in [0.2, 0.25) is 0 Å². The van der Waals surface area contributed by atoms with Crippen LogP contribution >= 0.6 is 0 Å². The van der Waals surface area contributed by atoms with E-state index in [4.69, 9.17) is 5.84 Å². The topological polar surface area (TPSA) is 38.0 Å². The lowest BCUT2D eigenvalue weighted by molar-refractivity contribution is 0.220. The fourth-order valence-electron chi connectivity index (χ4n) is 1.82. The number of rotatable bonds is 4. The first-order valence-corrected chi connectivity index (χ1v) is 6.17. The van der Waals surface area contributed by atoms with Crippen molar-refractivity contribution in [3.05, 3.63) is 35.4 Å². The Morgan fingerprint density at radius 1 is 1.22 bits per heavy atom. The number of nitrogens with two attached hydrogens (primary N) is 1. The summed E-state index contributed by atoms with van der Waals surface area (Å²) >= 11 is 0. The Bertz CT molecular complexity index is 379. The molecule has 4 heteroatoms. The van der Waals surface area contributed by atoms with Crippen molar-refractivity contribution in [3.8, 4) is 0 Å². The summed E-state index contributed by atoms with van der Waals surface area (Å²) in [5.41, 5.74) is 2.61. The average molecular weight is 256 g/mol. The van der Waals surface area contributed by atoms with E-state index in [1.807, 2.05) is 0 Å². The lowest BCUT2D eigenvalue weighted by Crippen LogP contribution is -2.33. The first kappa shape index (κ1) is 15.1. The van der Waals surface area contributed by atoms with Crippen molar-refractivity contribution in [3.63, 3.8) is 0 Å². The fourth-order valence-corrected chi connectivity index (χ4v) is 1.82. The molecule has 0 aliphatic carbocycles. The van der Waals surface area contributed by atoms with E-state index in [9.17, 15) is 8.78 Å². The largest absolute Gasteiger partial charge is 0.271 e. The number of halogens is 2. The summed E-state index contributed by atoms with van der Waals surface area (Å²) in [6, 6.07) is 3.35. The second-order valence-corrected chi connectivity index (χ2v) is 5.86. The summed E-state index contributed by atoms with van der Waals surface area (Å²) < 4.78 is 27.4. The Morgan fingerprint density at radius 2 is 1.72 bits per heavy atom. The Morgan fingerprint density at radius 3 is 2.11 bits per heavy atom. The molecule has 102 valence electrons. The quantitative estimate of drug-likeness (QED) is 0.638. The fraction of sp³-hybridized carbons (Fsp3) is 0.571. The van der Waals surface area contributed by atoms with Gasteiger partial charge in [0.1, 0.15) is 11.6 Å². The number of hydrogen-bond donors (Lipinski definition) is 2. The van der Waals surface area contributed by atoms with Gasteiger partial charge in [-0.15, -0.1) is 0 Å². The third-order valence-electron chi connectivity index (χ3n) is 3.62. The Hall–Kier alpha value is -1.00. The molecule has 0 saturated carbocycles. The van der Waals surface area contributed by atoms with Crippen molar-refractivity contribution in [1.82, 2.24) is 5.43 Å².